The van der Waals surface area contributed by atoms with E-state index in [1.165, 1.54) is 13.2 Å². The van der Waals surface area contributed by atoms with Gasteiger partial charge < -0.3 is 20.0 Å². The Morgan fingerprint density at radius 2 is 2.21 bits per heavy atom. The Morgan fingerprint density at radius 1 is 1.36 bits per heavy atom. The zero-order valence-corrected chi connectivity index (χ0v) is 18.8. The third-order valence-corrected chi connectivity index (χ3v) is 5.86. The number of aliphatic hydroxyl groups excluding tert-OH is 1. The van der Waals surface area contributed by atoms with Gasteiger partial charge in [-0.1, -0.05) is 11.2 Å². The van der Waals surface area contributed by atoms with Crippen molar-refractivity contribution >= 4 is 11.6 Å². The number of aromatic nitrogens is 2. The monoisotopic (exact) mass is 457 g/mol. The Labute approximate surface area is 191 Å². The molecule has 1 aromatic carbocycles. The lowest BCUT2D eigenvalue weighted by Gasteiger charge is -2.18. The number of aryl methyl sites for hydroxylation is 1. The topological polar surface area (TPSA) is 109 Å². The molecule has 2 aromatic rings. The molecule has 176 valence electrons. The fraction of sp³-hybridized carbons (Fsp3) is 0.478. The zero-order valence-electron chi connectivity index (χ0n) is 18.8. The smallest absolute Gasteiger partial charge is 0.270 e. The van der Waals surface area contributed by atoms with E-state index >= 15 is 0 Å². The van der Waals surface area contributed by atoms with E-state index in [1.807, 2.05) is 0 Å². The molecule has 10 heteroatoms. The number of amides is 1. The molecule has 0 saturated carbocycles. The van der Waals surface area contributed by atoms with Gasteiger partial charge in [0.25, 0.3) is 5.91 Å². The van der Waals surface area contributed by atoms with Gasteiger partial charge in [0.05, 0.1) is 12.8 Å². The van der Waals surface area contributed by atoms with E-state index in [-0.39, 0.29) is 36.6 Å². The average molecular weight is 458 g/mol. The number of halogens is 1. The molecule has 2 aliphatic heterocycles. The molecule has 4 rings (SSSR count). The number of nitrogens with one attached hydrogen (secondary N) is 1. The highest BCUT2D eigenvalue weighted by molar-refractivity contribution is 6.01. The van der Waals surface area contributed by atoms with E-state index in [1.54, 1.807) is 25.1 Å². The minimum absolute atomic E-state index is 0.0848. The van der Waals surface area contributed by atoms with Crippen LogP contribution in [0.4, 0.5) is 4.39 Å². The highest BCUT2D eigenvalue weighted by atomic mass is 19.1. The number of hydrogen-bond acceptors (Lipinski definition) is 8. The number of ether oxygens (including phenoxy) is 1. The summed E-state index contributed by atoms with van der Waals surface area (Å²) in [7, 11) is 1.39. The van der Waals surface area contributed by atoms with Gasteiger partial charge in [-0.3, -0.25) is 9.69 Å². The van der Waals surface area contributed by atoms with Crippen LogP contribution in [0.15, 0.2) is 29.4 Å². The largest absolute Gasteiger partial charge is 0.494 e. The second kappa shape index (κ2) is 10.2. The summed E-state index contributed by atoms with van der Waals surface area (Å²) in [6, 6.07) is 6.03. The molecular formula is C23H28FN5O4. The van der Waals surface area contributed by atoms with Crippen molar-refractivity contribution in [3.05, 3.63) is 52.9 Å². The van der Waals surface area contributed by atoms with E-state index < -0.39 is 5.82 Å². The molecule has 2 atom stereocenters. The predicted octanol–water partition coefficient (Wildman–Crippen LogP) is 1.67. The van der Waals surface area contributed by atoms with Crippen molar-refractivity contribution in [1.29, 1.82) is 0 Å². The highest BCUT2D eigenvalue weighted by Crippen LogP contribution is 2.22. The average Bonchev–Trinajstić information content (AvgIpc) is 3.47. The second-order valence-electron chi connectivity index (χ2n) is 8.40. The summed E-state index contributed by atoms with van der Waals surface area (Å²) in [6.45, 7) is 4.67. The summed E-state index contributed by atoms with van der Waals surface area (Å²) < 4.78 is 18.6. The molecule has 1 fully saturated rings. The van der Waals surface area contributed by atoms with E-state index in [4.69, 9.17) is 9.57 Å². The molecule has 2 aliphatic rings. The summed E-state index contributed by atoms with van der Waals surface area (Å²) >= 11 is 0. The van der Waals surface area contributed by atoms with Crippen LogP contribution < -0.4 is 10.1 Å². The number of rotatable bonds is 8. The number of benzene rings is 1. The Morgan fingerprint density at radius 3 is 2.97 bits per heavy atom. The first-order chi connectivity index (χ1) is 15.9. The normalized spacial score (nSPS) is 20.4. The van der Waals surface area contributed by atoms with Crippen molar-refractivity contribution in [3.8, 4) is 5.75 Å². The van der Waals surface area contributed by atoms with Crippen LogP contribution in [0, 0.1) is 18.7 Å². The van der Waals surface area contributed by atoms with Crippen molar-refractivity contribution in [1.82, 2.24) is 20.2 Å². The molecule has 2 unspecified atom stereocenters. The molecular weight excluding hydrogens is 429 g/mol. The van der Waals surface area contributed by atoms with E-state index in [2.05, 4.69) is 25.3 Å². The van der Waals surface area contributed by atoms with E-state index in [0.717, 1.165) is 26.1 Å². The van der Waals surface area contributed by atoms with Crippen molar-refractivity contribution in [3.63, 3.8) is 0 Å². The standard InChI is InChI=1S/C23H28FN5O4/c1-14-26-19(20-8-17(33-28-20)12-29-6-5-16(11-29)13-30)9-21(27-14)23(31)25-10-15-3-4-18(24)22(7-15)32-2/h3-4,7,9,16-17,30H,5-6,8,10-13H2,1-2H3,(H,25,31). The number of carbonyl (C=O) groups excluding carboxylic acids is 1. The Hall–Kier alpha value is -3.11. The second-order valence-corrected chi connectivity index (χ2v) is 8.40. The Bertz CT molecular complexity index is 1050. The maximum Gasteiger partial charge on any atom is 0.270 e. The summed E-state index contributed by atoms with van der Waals surface area (Å²) in [6.07, 6.45) is 1.50. The Kier molecular flexibility index (Phi) is 7.14. The first kappa shape index (κ1) is 23.1. The first-order valence-electron chi connectivity index (χ1n) is 11.0. The lowest BCUT2D eigenvalue weighted by molar-refractivity contribution is 0.0571. The van der Waals surface area contributed by atoms with Crippen LogP contribution in [-0.4, -0.2) is 71.0 Å². The molecule has 0 spiro atoms. The molecule has 33 heavy (non-hydrogen) atoms. The van der Waals surface area contributed by atoms with E-state index in [0.29, 0.717) is 35.1 Å². The SMILES string of the molecule is COc1cc(CNC(=O)c2cc(C3=NOC(CN4CCC(CO)C4)C3)nc(C)n2)ccc1F. The predicted molar refractivity (Wildman–Crippen MR) is 119 cm³/mol. The third kappa shape index (κ3) is 5.63. The third-order valence-electron chi connectivity index (χ3n) is 5.86. The van der Waals surface area contributed by atoms with Crippen LogP contribution in [0.3, 0.4) is 0 Å². The van der Waals surface area contributed by atoms with Crippen LogP contribution >= 0.6 is 0 Å². The molecule has 1 aromatic heterocycles. The first-order valence-corrected chi connectivity index (χ1v) is 11.0. The number of likely N-dealkylation sites (tertiary alicyclic amines) is 1. The van der Waals surface area contributed by atoms with E-state index in [9.17, 15) is 14.3 Å². The maximum absolute atomic E-state index is 13.6. The van der Waals surface area contributed by atoms with Crippen LogP contribution in [0.25, 0.3) is 0 Å². The fourth-order valence-corrected chi connectivity index (χ4v) is 4.11. The van der Waals surface area contributed by atoms with Gasteiger partial charge in [-0.05, 0) is 49.6 Å². The molecule has 9 nitrogen and oxygen atoms in total. The molecule has 0 aliphatic carbocycles. The summed E-state index contributed by atoms with van der Waals surface area (Å²) in [4.78, 5) is 29.3. The van der Waals surface area contributed by atoms with Gasteiger partial charge in [0.15, 0.2) is 11.6 Å². The van der Waals surface area contributed by atoms with Crippen LogP contribution in [-0.2, 0) is 11.4 Å². The molecule has 0 radical (unpaired) electrons. The van der Waals surface area contributed by atoms with Crippen LogP contribution in [0.1, 0.15) is 40.4 Å². The number of aliphatic hydroxyl groups is 1. The molecule has 2 N–H and O–H groups in total. The number of carbonyl (C=O) groups is 1. The summed E-state index contributed by atoms with van der Waals surface area (Å²) in [5.41, 5.74) is 2.17. The minimum atomic E-state index is -0.459. The Balaban J connectivity index is 1.37. The van der Waals surface area contributed by atoms with Crippen LogP contribution in [0.5, 0.6) is 5.75 Å². The van der Waals surface area contributed by atoms with Gasteiger partial charge >= 0.3 is 0 Å². The van der Waals surface area contributed by atoms with Crippen molar-refractivity contribution in [2.24, 2.45) is 11.1 Å². The summed E-state index contributed by atoms with van der Waals surface area (Å²) in [5, 5.41) is 16.3. The molecule has 1 amide bonds. The lowest BCUT2D eigenvalue weighted by Crippen LogP contribution is -2.31. The van der Waals surface area contributed by atoms with Crippen molar-refractivity contribution < 1.29 is 23.9 Å². The van der Waals surface area contributed by atoms with Gasteiger partial charge in [0, 0.05) is 32.7 Å². The quantitative estimate of drug-likeness (QED) is 0.621. The van der Waals surface area contributed by atoms with Gasteiger partial charge in [0.2, 0.25) is 0 Å². The number of nitrogens with zero attached hydrogens (tertiary/aromatic N) is 4. The molecule has 1 saturated heterocycles. The lowest BCUT2D eigenvalue weighted by atomic mass is 10.1. The number of methoxy groups -OCH3 is 1. The highest BCUT2D eigenvalue weighted by Gasteiger charge is 2.29. The zero-order chi connectivity index (χ0) is 23.4. The van der Waals surface area contributed by atoms with Gasteiger partial charge in [-0.15, -0.1) is 0 Å². The maximum atomic E-state index is 13.6. The van der Waals surface area contributed by atoms with Gasteiger partial charge in [-0.25, -0.2) is 14.4 Å². The number of oxime groups is 1. The van der Waals surface area contributed by atoms with Gasteiger partial charge in [0.1, 0.15) is 23.3 Å². The van der Waals surface area contributed by atoms with Crippen molar-refractivity contribution in [2.45, 2.75) is 32.4 Å². The number of hydrogen-bond donors (Lipinski definition) is 2. The van der Waals surface area contributed by atoms with Gasteiger partial charge in [-0.2, -0.15) is 0 Å². The summed E-state index contributed by atoms with van der Waals surface area (Å²) in [5.74, 6) is 0.0788. The van der Waals surface area contributed by atoms with Crippen molar-refractivity contribution in [2.75, 3.05) is 33.4 Å². The molecule has 3 heterocycles. The minimum Gasteiger partial charge on any atom is -0.494 e. The fourth-order valence-electron chi connectivity index (χ4n) is 4.11. The van der Waals surface area contributed by atoms with Crippen LogP contribution in [0.2, 0.25) is 0 Å². The molecule has 0 bridgehead atoms.